The Kier molecular flexibility index (Phi) is 5.17. The molecular formula is C16H21NO3S. The Bertz CT molecular complexity index is 562. The third-order valence-electron chi connectivity index (χ3n) is 3.70. The zero-order valence-electron chi connectivity index (χ0n) is 12.4. The Labute approximate surface area is 128 Å². The van der Waals surface area contributed by atoms with Gasteiger partial charge in [-0.05, 0) is 30.9 Å². The molecule has 1 heterocycles. The van der Waals surface area contributed by atoms with E-state index in [0.29, 0.717) is 6.42 Å². The van der Waals surface area contributed by atoms with Crippen LogP contribution < -0.4 is 5.32 Å². The average Bonchev–Trinajstić information content (AvgIpc) is 3.06. The van der Waals surface area contributed by atoms with E-state index in [0.717, 1.165) is 24.1 Å². The molecule has 1 amide bonds. The highest BCUT2D eigenvalue weighted by Gasteiger charge is 2.26. The van der Waals surface area contributed by atoms with Gasteiger partial charge < -0.3 is 10.4 Å². The summed E-state index contributed by atoms with van der Waals surface area (Å²) in [6.45, 7) is 4.23. The number of carbonyl (C=O) groups is 2. The van der Waals surface area contributed by atoms with E-state index in [2.05, 4.69) is 19.2 Å². The van der Waals surface area contributed by atoms with Gasteiger partial charge in [0, 0.05) is 10.9 Å². The van der Waals surface area contributed by atoms with Gasteiger partial charge in [0.1, 0.15) is 0 Å². The molecule has 0 spiro atoms. The molecule has 0 radical (unpaired) electrons. The molecule has 2 N–H and O–H groups in total. The second-order valence-corrected chi connectivity index (χ2v) is 6.44. The fraction of sp³-hybridized carbons (Fsp3) is 0.500. The molecule has 1 aromatic heterocycles. The molecule has 114 valence electrons. The quantitative estimate of drug-likeness (QED) is 0.794. The van der Waals surface area contributed by atoms with Crippen LogP contribution in [0.1, 0.15) is 46.8 Å². The van der Waals surface area contributed by atoms with Gasteiger partial charge in [0.25, 0.3) is 5.91 Å². The highest BCUT2D eigenvalue weighted by molar-refractivity contribution is 7.14. The Balaban J connectivity index is 2.01. The molecule has 21 heavy (non-hydrogen) atoms. The van der Waals surface area contributed by atoms with Crippen LogP contribution in [0.5, 0.6) is 0 Å². The van der Waals surface area contributed by atoms with Crippen molar-refractivity contribution in [3.05, 3.63) is 33.5 Å². The maximum Gasteiger partial charge on any atom is 0.310 e. The van der Waals surface area contributed by atoms with Crippen LogP contribution in [0, 0.1) is 5.92 Å². The first kappa shape index (κ1) is 15.8. The van der Waals surface area contributed by atoms with E-state index in [1.165, 1.54) is 10.4 Å². The second-order valence-electron chi connectivity index (χ2n) is 5.31. The van der Waals surface area contributed by atoms with E-state index < -0.39 is 11.9 Å². The number of rotatable bonds is 6. The van der Waals surface area contributed by atoms with Crippen LogP contribution >= 0.6 is 11.3 Å². The van der Waals surface area contributed by atoms with Crippen molar-refractivity contribution in [2.24, 2.45) is 5.92 Å². The number of aryl methyl sites for hydroxylation is 2. The van der Waals surface area contributed by atoms with Gasteiger partial charge in [-0.1, -0.05) is 32.4 Å². The number of carbonyl (C=O) groups excluding carboxylic acids is 1. The zero-order valence-corrected chi connectivity index (χ0v) is 13.2. The average molecular weight is 307 g/mol. The maximum absolute atomic E-state index is 12.3. The van der Waals surface area contributed by atoms with Crippen LogP contribution in [0.4, 0.5) is 0 Å². The summed E-state index contributed by atoms with van der Waals surface area (Å²) >= 11 is 1.55. The van der Waals surface area contributed by atoms with Gasteiger partial charge in [-0.2, -0.15) is 0 Å². The fourth-order valence-electron chi connectivity index (χ4n) is 2.54. The zero-order chi connectivity index (χ0) is 15.4. The third kappa shape index (κ3) is 3.73. The minimum Gasteiger partial charge on any atom is -0.481 e. The predicted molar refractivity (Wildman–Crippen MR) is 83.8 cm³/mol. The summed E-state index contributed by atoms with van der Waals surface area (Å²) < 4.78 is 0. The molecule has 0 aromatic carbocycles. The lowest BCUT2D eigenvalue weighted by Gasteiger charge is -2.11. The van der Waals surface area contributed by atoms with Crippen LogP contribution in [0.15, 0.2) is 18.2 Å². The standard InChI is InChI=1S/C16H21NO3S/c1-3-5-13-10(4-2)9-14(21-13)15(18)17-12-7-6-11(8-12)16(19)20/h6-7,9,11-12H,3-5,8H2,1-2H3,(H,17,18)(H,19,20). The van der Waals surface area contributed by atoms with Gasteiger partial charge in [0.05, 0.1) is 10.8 Å². The van der Waals surface area contributed by atoms with Crippen molar-refractivity contribution in [3.8, 4) is 0 Å². The van der Waals surface area contributed by atoms with Gasteiger partial charge in [0.15, 0.2) is 0 Å². The maximum atomic E-state index is 12.3. The van der Waals surface area contributed by atoms with Crippen molar-refractivity contribution < 1.29 is 14.7 Å². The van der Waals surface area contributed by atoms with Crippen LogP contribution in [-0.2, 0) is 17.6 Å². The molecule has 2 unspecified atom stereocenters. The molecule has 2 rings (SSSR count). The van der Waals surface area contributed by atoms with Crippen molar-refractivity contribution in [2.45, 2.75) is 45.6 Å². The first-order chi connectivity index (χ1) is 10.0. The number of amides is 1. The second kappa shape index (κ2) is 6.89. The number of nitrogens with one attached hydrogen (secondary N) is 1. The van der Waals surface area contributed by atoms with Crippen LogP contribution in [-0.4, -0.2) is 23.0 Å². The largest absolute Gasteiger partial charge is 0.481 e. The van der Waals surface area contributed by atoms with Gasteiger partial charge in [-0.15, -0.1) is 11.3 Å². The molecule has 0 saturated heterocycles. The summed E-state index contributed by atoms with van der Waals surface area (Å²) in [5.74, 6) is -1.42. The number of hydrogen-bond donors (Lipinski definition) is 2. The van der Waals surface area contributed by atoms with Crippen LogP contribution in [0.3, 0.4) is 0 Å². The summed E-state index contributed by atoms with van der Waals surface area (Å²) in [5, 5.41) is 11.9. The van der Waals surface area contributed by atoms with Crippen molar-refractivity contribution in [3.63, 3.8) is 0 Å². The summed E-state index contributed by atoms with van der Waals surface area (Å²) in [5.41, 5.74) is 1.25. The molecule has 2 atom stereocenters. The summed E-state index contributed by atoms with van der Waals surface area (Å²) in [6, 6.07) is 1.79. The molecule has 1 aliphatic rings. The van der Waals surface area contributed by atoms with Crippen LogP contribution in [0.25, 0.3) is 0 Å². The first-order valence-electron chi connectivity index (χ1n) is 7.38. The van der Waals surface area contributed by atoms with Gasteiger partial charge in [0.2, 0.25) is 0 Å². The lowest BCUT2D eigenvalue weighted by atomic mass is 10.1. The number of carboxylic acids is 1. The molecule has 0 aliphatic heterocycles. The van der Waals surface area contributed by atoms with Crippen LogP contribution in [0.2, 0.25) is 0 Å². The number of carboxylic acid groups (broad SMARTS) is 1. The van der Waals surface area contributed by atoms with E-state index in [-0.39, 0.29) is 11.9 Å². The van der Waals surface area contributed by atoms with E-state index in [1.54, 1.807) is 23.5 Å². The van der Waals surface area contributed by atoms with Gasteiger partial charge >= 0.3 is 5.97 Å². The van der Waals surface area contributed by atoms with Gasteiger partial charge in [-0.3, -0.25) is 9.59 Å². The van der Waals surface area contributed by atoms with E-state index in [1.807, 2.05) is 6.07 Å². The predicted octanol–water partition coefficient (Wildman–Crippen LogP) is 3.02. The minimum absolute atomic E-state index is 0.0993. The smallest absolute Gasteiger partial charge is 0.310 e. The minimum atomic E-state index is -0.836. The number of hydrogen-bond acceptors (Lipinski definition) is 3. The Morgan fingerprint density at radius 2 is 2.14 bits per heavy atom. The van der Waals surface area contributed by atoms with Gasteiger partial charge in [-0.25, -0.2) is 0 Å². The van der Waals surface area contributed by atoms with E-state index >= 15 is 0 Å². The molecule has 0 fully saturated rings. The van der Waals surface area contributed by atoms with Crippen molar-refractivity contribution in [2.75, 3.05) is 0 Å². The number of thiophene rings is 1. The van der Waals surface area contributed by atoms with Crippen molar-refractivity contribution in [1.29, 1.82) is 0 Å². The number of aliphatic carboxylic acids is 1. The molecule has 0 saturated carbocycles. The van der Waals surface area contributed by atoms with E-state index in [4.69, 9.17) is 5.11 Å². The Morgan fingerprint density at radius 1 is 1.38 bits per heavy atom. The monoisotopic (exact) mass is 307 g/mol. The molecule has 5 heteroatoms. The molecular weight excluding hydrogens is 286 g/mol. The molecule has 4 nitrogen and oxygen atoms in total. The summed E-state index contributed by atoms with van der Waals surface area (Å²) in [7, 11) is 0. The fourth-order valence-corrected chi connectivity index (χ4v) is 3.80. The molecule has 0 bridgehead atoms. The Morgan fingerprint density at radius 3 is 2.71 bits per heavy atom. The molecule has 1 aliphatic carbocycles. The van der Waals surface area contributed by atoms with E-state index in [9.17, 15) is 9.59 Å². The van der Waals surface area contributed by atoms with Crippen molar-refractivity contribution >= 4 is 23.2 Å². The molecule has 1 aromatic rings. The Hall–Kier alpha value is -1.62. The summed E-state index contributed by atoms with van der Waals surface area (Å²) in [4.78, 5) is 25.2. The topological polar surface area (TPSA) is 66.4 Å². The lowest BCUT2D eigenvalue weighted by molar-refractivity contribution is -0.140. The SMILES string of the molecule is CCCc1sc(C(=O)NC2C=CC(C(=O)O)C2)cc1CC. The highest BCUT2D eigenvalue weighted by Crippen LogP contribution is 2.25. The van der Waals surface area contributed by atoms with Crippen molar-refractivity contribution in [1.82, 2.24) is 5.32 Å². The highest BCUT2D eigenvalue weighted by atomic mass is 32.1. The normalized spacial score (nSPS) is 20.7. The third-order valence-corrected chi connectivity index (χ3v) is 4.93. The summed E-state index contributed by atoms with van der Waals surface area (Å²) in [6.07, 6.45) is 6.88. The lowest BCUT2D eigenvalue weighted by Crippen LogP contribution is -2.32. The first-order valence-corrected chi connectivity index (χ1v) is 8.20.